The maximum absolute atomic E-state index is 9.74. The normalized spacial score (nSPS) is 8.78. The number of hydrogen-bond donors (Lipinski definition) is 2. The largest absolute Gasteiger partial charge is 0.508 e. The van der Waals surface area contributed by atoms with E-state index >= 15 is 0 Å². The molecule has 0 radical (unpaired) electrons. The van der Waals surface area contributed by atoms with Crippen molar-refractivity contribution in [1.82, 2.24) is 0 Å². The lowest BCUT2D eigenvalue weighted by Gasteiger charge is -2.37. The summed E-state index contributed by atoms with van der Waals surface area (Å²) in [4.78, 5) is 0. The number of ether oxygens (including phenoxy) is 2. The number of halogens is 7. The third-order valence-corrected chi connectivity index (χ3v) is 8.62. The lowest BCUT2D eigenvalue weighted by atomic mass is 9.64. The van der Waals surface area contributed by atoms with E-state index in [0.717, 1.165) is 33.8 Å². The smallest absolute Gasteiger partial charge is 0.369 e. The lowest BCUT2D eigenvalue weighted by molar-refractivity contribution is 0.281. The zero-order valence-corrected chi connectivity index (χ0v) is 52.0. The van der Waals surface area contributed by atoms with Crippen LogP contribution in [0.2, 0.25) is 0 Å². The van der Waals surface area contributed by atoms with Crippen LogP contribution in [0.25, 0.3) is 0 Å². The van der Waals surface area contributed by atoms with Crippen molar-refractivity contribution >= 4 is 124 Å². The van der Waals surface area contributed by atoms with E-state index in [4.69, 9.17) is 14.6 Å². The molecule has 0 saturated heterocycles. The molecule has 0 aliphatic carbocycles. The van der Waals surface area contributed by atoms with Crippen molar-refractivity contribution in [3.63, 3.8) is 0 Å². The number of aliphatic hydroxyl groups is 1. The number of para-hydroxylation sites is 2. The molecule has 0 aliphatic heterocycles. The standard InChI is InChI=1S/C29H28O2.C8H10O.C7H8O.C2H5I.3C2H6.3CH4.2BBr3/c1-21-18-26(15-14-23(21)20-30)29(24-10-6-4-7-11-24,25-12-8-5-9-13-25)27-16-17-28(31-3)22(2)19-27;1-7-5-3-4-6-8(7)9-2;1-6-4-2-3-5-7(6)8;1-2-3;3*1-2;;;;2*2-1(3)4/h4-19,30H,20H2,1-3H3;3-6H,1-2H3;2-5,8H,1H3;2H2,1H3;3*1-2H3;3*1H4;;. The highest BCUT2D eigenvalue weighted by Gasteiger charge is 2.38. The molecule has 0 atom stereocenters. The first kappa shape index (κ1) is 77.9. The van der Waals surface area contributed by atoms with Crippen LogP contribution in [0, 0.1) is 27.7 Å². The van der Waals surface area contributed by atoms with Gasteiger partial charge in [0.25, 0.3) is 0 Å². The average Bonchev–Trinajstić information content (AvgIpc) is 3.31. The summed E-state index contributed by atoms with van der Waals surface area (Å²) in [6, 6.07) is 49.3. The summed E-state index contributed by atoms with van der Waals surface area (Å²) in [5, 5.41) is 18.7. The van der Waals surface area contributed by atoms with Crippen molar-refractivity contribution in [2.75, 3.05) is 18.6 Å². The minimum Gasteiger partial charge on any atom is -0.508 e. The van der Waals surface area contributed by atoms with Gasteiger partial charge in [-0.3, -0.25) is 0 Å². The first-order valence-corrected chi connectivity index (χ1v) is 28.4. The van der Waals surface area contributed by atoms with E-state index in [1.54, 1.807) is 20.3 Å². The zero-order valence-electron chi connectivity index (χ0n) is 40.3. The Morgan fingerprint density at radius 1 is 0.471 bits per heavy atom. The Hall–Kier alpha value is -1.58. The summed E-state index contributed by atoms with van der Waals surface area (Å²) in [6.45, 7) is 22.2. The summed E-state index contributed by atoms with van der Waals surface area (Å²) in [5.41, 5.74) is 9.48. The Morgan fingerprint density at radius 2 is 0.794 bits per heavy atom. The number of aromatic hydroxyl groups is 1. The minimum absolute atomic E-state index is 0. The van der Waals surface area contributed by atoms with Gasteiger partial charge in [-0.2, -0.15) is 0 Å². The molecule has 0 fully saturated rings. The highest BCUT2D eigenvalue weighted by atomic mass is 127. The van der Waals surface area contributed by atoms with Gasteiger partial charge in [-0.15, -0.1) is 94.5 Å². The molecule has 0 saturated carbocycles. The first-order chi connectivity index (χ1) is 31.1. The molecule has 0 bridgehead atoms. The van der Waals surface area contributed by atoms with Crippen LogP contribution in [-0.2, 0) is 12.0 Å². The van der Waals surface area contributed by atoms with Gasteiger partial charge in [-0.05, 0) is 100 Å². The number of aliphatic hydroxyl groups excluding tert-OH is 1. The fourth-order valence-corrected chi connectivity index (χ4v) is 5.94. The molecule has 0 heterocycles. The van der Waals surface area contributed by atoms with Gasteiger partial charge in [0.2, 0.25) is 0 Å². The molecule has 4 nitrogen and oxygen atoms in total. The summed E-state index contributed by atoms with van der Waals surface area (Å²) in [7, 11) is 3.39. The number of aryl methyl sites for hydroxylation is 4. The van der Waals surface area contributed by atoms with Crippen molar-refractivity contribution in [1.29, 1.82) is 0 Å². The Labute approximate surface area is 480 Å². The quantitative estimate of drug-likeness (QED) is 0.0724. The number of alkyl halides is 1. The molecule has 68 heavy (non-hydrogen) atoms. The van der Waals surface area contributed by atoms with Crippen molar-refractivity contribution in [3.8, 4) is 17.2 Å². The van der Waals surface area contributed by atoms with Crippen molar-refractivity contribution in [3.05, 3.63) is 196 Å². The van der Waals surface area contributed by atoms with Gasteiger partial charge >= 0.3 is 6.37 Å². The molecule has 13 heteroatoms. The van der Waals surface area contributed by atoms with E-state index in [1.807, 2.05) is 104 Å². The predicted molar refractivity (Wildman–Crippen MR) is 341 cm³/mol. The molecular weight excluding hydrogens is 1350 g/mol. The van der Waals surface area contributed by atoms with Gasteiger partial charge in [0, 0.05) is 0 Å². The van der Waals surface area contributed by atoms with Crippen molar-refractivity contribution < 1.29 is 19.7 Å². The van der Waals surface area contributed by atoms with Gasteiger partial charge in [0.05, 0.1) is 26.2 Å². The van der Waals surface area contributed by atoms with Gasteiger partial charge in [0.1, 0.15) is 17.2 Å². The van der Waals surface area contributed by atoms with E-state index in [1.165, 1.54) is 32.2 Å². The zero-order chi connectivity index (χ0) is 50.4. The van der Waals surface area contributed by atoms with Crippen LogP contribution in [0.4, 0.5) is 0 Å². The molecule has 380 valence electrons. The molecule has 6 rings (SSSR count). The van der Waals surface area contributed by atoms with E-state index in [2.05, 4.69) is 229 Å². The van der Waals surface area contributed by atoms with Crippen LogP contribution < -0.4 is 9.47 Å². The molecule has 0 aromatic heterocycles. The second-order valence-corrected chi connectivity index (χ2v) is 26.9. The highest BCUT2D eigenvalue weighted by Crippen LogP contribution is 2.46. The van der Waals surface area contributed by atoms with Gasteiger partial charge < -0.3 is 19.7 Å². The van der Waals surface area contributed by atoms with Crippen LogP contribution in [0.5, 0.6) is 17.2 Å². The van der Waals surface area contributed by atoms with Crippen LogP contribution in [0.3, 0.4) is 0 Å². The second kappa shape index (κ2) is 49.0. The third kappa shape index (κ3) is 30.3. The molecule has 6 aromatic carbocycles. The summed E-state index contributed by atoms with van der Waals surface area (Å²) in [5.74, 6) is 2.20. The number of phenolic OH excluding ortho intramolecular Hbond substituents is 1. The SMILES string of the molecule is BrB(Br)Br.BrB(Br)Br.C.C.C.CC.CC.CC.CCI.COc1ccc(C(c2ccccc2)(c2ccccc2)c2ccc(CO)c(C)c2)cc1C.COc1ccccc1C.Cc1ccccc1O. The van der Waals surface area contributed by atoms with Gasteiger partial charge in [-0.1, -0.05) is 221 Å². The second-order valence-electron chi connectivity index (χ2n) is 12.5. The van der Waals surface area contributed by atoms with Crippen LogP contribution in [0.15, 0.2) is 146 Å². The number of benzene rings is 6. The van der Waals surface area contributed by atoms with Crippen LogP contribution >= 0.6 is 117 Å². The fraction of sp³-hybridized carbons (Fsp3) is 0.345. The van der Waals surface area contributed by atoms with Crippen LogP contribution in [-0.4, -0.2) is 35.2 Å². The molecule has 0 aliphatic rings. The average molecular weight is 1430 g/mol. The number of phenols is 1. The van der Waals surface area contributed by atoms with E-state index < -0.39 is 5.41 Å². The Morgan fingerprint density at radius 3 is 1.09 bits per heavy atom. The van der Waals surface area contributed by atoms with Gasteiger partial charge in [-0.25, -0.2) is 0 Å². The maximum atomic E-state index is 9.74. The molecule has 0 spiro atoms. The molecule has 0 amide bonds. The molecule has 2 N–H and O–H groups in total. The van der Waals surface area contributed by atoms with Crippen molar-refractivity contribution in [2.24, 2.45) is 0 Å². The topological polar surface area (TPSA) is 58.9 Å². The summed E-state index contributed by atoms with van der Waals surface area (Å²) < 4.78 is 12.4. The number of methoxy groups -OCH3 is 2. The lowest BCUT2D eigenvalue weighted by Crippen LogP contribution is -2.31. The number of hydrogen-bond acceptors (Lipinski definition) is 4. The monoisotopic (exact) mass is 1430 g/mol. The Balaban J connectivity index is -0.000000213. The molecular formula is C55H81B2Br6IO4. The minimum atomic E-state index is -0.502. The van der Waals surface area contributed by atoms with Crippen molar-refractivity contribution in [2.45, 2.75) is 110 Å². The Kier molecular flexibility index (Phi) is 56.1. The molecule has 0 unspecified atom stereocenters. The van der Waals surface area contributed by atoms with Crippen LogP contribution in [0.1, 0.15) is 121 Å². The summed E-state index contributed by atoms with van der Waals surface area (Å²) >= 11 is 20.9. The highest BCUT2D eigenvalue weighted by molar-refractivity contribution is 14.1. The fourth-order valence-electron chi connectivity index (χ4n) is 5.94. The third-order valence-electron chi connectivity index (χ3n) is 8.62. The first-order valence-electron chi connectivity index (χ1n) is 21.4. The molecule has 6 aromatic rings. The number of rotatable bonds is 7. The predicted octanol–water partition coefficient (Wildman–Crippen LogP) is 20.6. The maximum Gasteiger partial charge on any atom is 0.369 e. The van der Waals surface area contributed by atoms with E-state index in [9.17, 15) is 5.11 Å². The van der Waals surface area contributed by atoms with E-state index in [0.29, 0.717) is 5.75 Å². The Bertz CT molecular complexity index is 1920. The van der Waals surface area contributed by atoms with E-state index in [-0.39, 0.29) is 35.3 Å². The summed E-state index contributed by atoms with van der Waals surface area (Å²) in [6.07, 6.45) is 0. The van der Waals surface area contributed by atoms with Gasteiger partial charge in [0.15, 0.2) is 0 Å².